The Balaban J connectivity index is 1.39. The standard InChI is InChI=1S/C20H18ClFN8O/c21-14-11-30-16(9-24-18(30)6-15(14)22)19-23-4-3-17(28-19)29-5-1-2-12(10-29)20(31)27-13-7-25-26-8-13/h3-4,6-9,11-12H,1-2,5,10H2,(H,25,26)(H,27,31). The molecular formula is C20H18ClFN8O. The van der Waals surface area contributed by atoms with Crippen molar-refractivity contribution < 1.29 is 9.18 Å². The highest BCUT2D eigenvalue weighted by Crippen LogP contribution is 2.26. The zero-order valence-corrected chi connectivity index (χ0v) is 17.1. The minimum absolute atomic E-state index is 0.00888. The number of pyridine rings is 1. The lowest BCUT2D eigenvalue weighted by Crippen LogP contribution is -2.41. The topological polar surface area (TPSA) is 104 Å². The van der Waals surface area contributed by atoms with Crippen LogP contribution < -0.4 is 10.2 Å². The Morgan fingerprint density at radius 2 is 2.23 bits per heavy atom. The second kappa shape index (κ2) is 7.95. The van der Waals surface area contributed by atoms with Gasteiger partial charge in [-0.1, -0.05) is 11.6 Å². The number of hydrogen-bond acceptors (Lipinski definition) is 6. The number of aromatic nitrogens is 6. The van der Waals surface area contributed by atoms with Crippen molar-refractivity contribution in [3.63, 3.8) is 0 Å². The summed E-state index contributed by atoms with van der Waals surface area (Å²) in [6.45, 7) is 1.33. The lowest BCUT2D eigenvalue weighted by atomic mass is 9.97. The Bertz CT molecular complexity index is 1240. The molecular weight excluding hydrogens is 423 g/mol. The van der Waals surface area contributed by atoms with E-state index in [9.17, 15) is 9.18 Å². The predicted octanol–water partition coefficient (Wildman–Crippen LogP) is 3.16. The normalized spacial score (nSPS) is 16.6. The maximum absolute atomic E-state index is 13.7. The number of halogens is 2. The Morgan fingerprint density at radius 3 is 3.06 bits per heavy atom. The van der Waals surface area contributed by atoms with Crippen LogP contribution >= 0.6 is 11.6 Å². The van der Waals surface area contributed by atoms with E-state index in [0.717, 1.165) is 19.4 Å². The van der Waals surface area contributed by atoms with Gasteiger partial charge in [-0.25, -0.2) is 19.3 Å². The summed E-state index contributed by atoms with van der Waals surface area (Å²) in [5.74, 6) is 0.416. The number of piperidine rings is 1. The quantitative estimate of drug-likeness (QED) is 0.505. The van der Waals surface area contributed by atoms with Crippen LogP contribution in [0.3, 0.4) is 0 Å². The lowest BCUT2D eigenvalue weighted by molar-refractivity contribution is -0.120. The molecule has 0 bridgehead atoms. The zero-order chi connectivity index (χ0) is 21.4. The van der Waals surface area contributed by atoms with Gasteiger partial charge in [0.25, 0.3) is 0 Å². The second-order valence-electron chi connectivity index (χ2n) is 7.34. The highest BCUT2D eigenvalue weighted by atomic mass is 35.5. The molecule has 1 aliphatic rings. The Labute approximate surface area is 181 Å². The molecule has 0 spiro atoms. The van der Waals surface area contributed by atoms with Gasteiger partial charge in [-0.2, -0.15) is 5.10 Å². The largest absolute Gasteiger partial charge is 0.356 e. The molecule has 0 aliphatic carbocycles. The number of carbonyl (C=O) groups excluding carboxylic acids is 1. The van der Waals surface area contributed by atoms with Crippen LogP contribution in [0, 0.1) is 11.7 Å². The summed E-state index contributed by atoms with van der Waals surface area (Å²) in [7, 11) is 0. The third-order valence-electron chi connectivity index (χ3n) is 5.30. The summed E-state index contributed by atoms with van der Waals surface area (Å²) >= 11 is 5.94. The first-order valence-corrected chi connectivity index (χ1v) is 10.2. The number of aromatic amines is 1. The lowest BCUT2D eigenvalue weighted by Gasteiger charge is -2.32. The van der Waals surface area contributed by atoms with E-state index in [4.69, 9.17) is 11.6 Å². The van der Waals surface area contributed by atoms with E-state index in [2.05, 4.69) is 35.4 Å². The fraction of sp³-hybridized carbons (Fsp3) is 0.250. The SMILES string of the molecule is O=C(Nc1cn[nH]c1)C1CCCN(c2ccnc(-c3cnc4cc(F)c(Cl)cn34)n2)C1. The number of rotatable bonds is 4. The molecule has 9 nitrogen and oxygen atoms in total. The zero-order valence-electron chi connectivity index (χ0n) is 16.3. The van der Waals surface area contributed by atoms with Crippen LogP contribution in [-0.4, -0.2) is 48.5 Å². The van der Waals surface area contributed by atoms with Crippen molar-refractivity contribution in [3.8, 4) is 11.5 Å². The van der Waals surface area contributed by atoms with Gasteiger partial charge in [0.15, 0.2) is 5.82 Å². The summed E-state index contributed by atoms with van der Waals surface area (Å²) < 4.78 is 15.4. The van der Waals surface area contributed by atoms with Crippen LogP contribution in [0.15, 0.2) is 43.1 Å². The number of H-pyrrole nitrogens is 1. The number of amides is 1. The molecule has 0 aromatic carbocycles. The molecule has 5 heterocycles. The number of nitrogens with zero attached hydrogens (tertiary/aromatic N) is 6. The first-order chi connectivity index (χ1) is 15.1. The number of nitrogens with one attached hydrogen (secondary N) is 2. The van der Waals surface area contributed by atoms with Gasteiger partial charge in [0.2, 0.25) is 5.91 Å². The van der Waals surface area contributed by atoms with Crippen molar-refractivity contribution in [2.75, 3.05) is 23.3 Å². The third-order valence-corrected chi connectivity index (χ3v) is 5.58. The van der Waals surface area contributed by atoms with Crippen LogP contribution in [0.25, 0.3) is 17.2 Å². The number of imidazole rings is 1. The smallest absolute Gasteiger partial charge is 0.229 e. The summed E-state index contributed by atoms with van der Waals surface area (Å²) in [6.07, 6.45) is 9.59. The number of fused-ring (bicyclic) bond motifs is 1. The molecule has 0 saturated carbocycles. The molecule has 2 N–H and O–H groups in total. The molecule has 1 aliphatic heterocycles. The molecule has 1 fully saturated rings. The van der Waals surface area contributed by atoms with Crippen molar-refractivity contribution in [1.29, 1.82) is 0 Å². The monoisotopic (exact) mass is 440 g/mol. The van der Waals surface area contributed by atoms with E-state index in [1.807, 2.05) is 6.07 Å². The van der Waals surface area contributed by atoms with E-state index in [1.54, 1.807) is 29.2 Å². The highest BCUT2D eigenvalue weighted by molar-refractivity contribution is 6.30. The van der Waals surface area contributed by atoms with Crippen molar-refractivity contribution in [2.24, 2.45) is 5.92 Å². The molecule has 4 aromatic heterocycles. The first-order valence-electron chi connectivity index (χ1n) is 9.78. The number of hydrogen-bond donors (Lipinski definition) is 2. The van der Waals surface area contributed by atoms with Crippen LogP contribution in [0.4, 0.5) is 15.9 Å². The van der Waals surface area contributed by atoms with Gasteiger partial charge in [0.1, 0.15) is 23.0 Å². The first kappa shape index (κ1) is 19.4. The van der Waals surface area contributed by atoms with E-state index < -0.39 is 5.82 Å². The van der Waals surface area contributed by atoms with E-state index >= 15 is 0 Å². The summed E-state index contributed by atoms with van der Waals surface area (Å²) in [5.41, 5.74) is 1.67. The fourth-order valence-electron chi connectivity index (χ4n) is 3.75. The molecule has 1 amide bonds. The van der Waals surface area contributed by atoms with Gasteiger partial charge in [-0.3, -0.25) is 14.3 Å². The molecule has 31 heavy (non-hydrogen) atoms. The molecule has 1 atom stereocenters. The predicted molar refractivity (Wildman–Crippen MR) is 113 cm³/mol. The van der Waals surface area contributed by atoms with Crippen LogP contribution in [0.5, 0.6) is 0 Å². The van der Waals surface area contributed by atoms with Gasteiger partial charge in [0.05, 0.1) is 29.0 Å². The van der Waals surface area contributed by atoms with Crippen molar-refractivity contribution in [3.05, 3.63) is 54.0 Å². The van der Waals surface area contributed by atoms with Gasteiger partial charge in [0, 0.05) is 37.7 Å². The van der Waals surface area contributed by atoms with E-state index in [-0.39, 0.29) is 16.8 Å². The summed E-state index contributed by atoms with van der Waals surface area (Å²) in [5, 5.41) is 9.40. The van der Waals surface area contributed by atoms with Crippen molar-refractivity contribution in [2.45, 2.75) is 12.8 Å². The Kier molecular flexibility index (Phi) is 4.99. The number of carbonyl (C=O) groups is 1. The summed E-state index contributed by atoms with van der Waals surface area (Å²) in [6, 6.07) is 3.08. The average molecular weight is 441 g/mol. The molecule has 4 aromatic rings. The van der Waals surface area contributed by atoms with Crippen molar-refractivity contribution in [1.82, 2.24) is 29.5 Å². The molecule has 158 valence electrons. The average Bonchev–Trinajstić information content (AvgIpc) is 3.44. The molecule has 1 unspecified atom stereocenters. The van der Waals surface area contributed by atoms with Gasteiger partial charge in [-0.15, -0.1) is 0 Å². The Hall–Kier alpha value is -3.53. The van der Waals surface area contributed by atoms with Crippen molar-refractivity contribution >= 4 is 34.7 Å². The van der Waals surface area contributed by atoms with Crippen LogP contribution in [0.1, 0.15) is 12.8 Å². The number of anilines is 2. The Morgan fingerprint density at radius 1 is 1.32 bits per heavy atom. The van der Waals surface area contributed by atoms with Crippen LogP contribution in [0.2, 0.25) is 5.02 Å². The molecule has 5 rings (SSSR count). The van der Waals surface area contributed by atoms with E-state index in [1.165, 1.54) is 12.3 Å². The van der Waals surface area contributed by atoms with Gasteiger partial charge < -0.3 is 10.2 Å². The van der Waals surface area contributed by atoms with Gasteiger partial charge >= 0.3 is 0 Å². The highest BCUT2D eigenvalue weighted by Gasteiger charge is 2.27. The van der Waals surface area contributed by atoms with E-state index in [0.29, 0.717) is 35.2 Å². The molecule has 0 radical (unpaired) electrons. The fourth-order valence-corrected chi connectivity index (χ4v) is 3.90. The maximum atomic E-state index is 13.7. The minimum atomic E-state index is -0.533. The molecule has 11 heteroatoms. The minimum Gasteiger partial charge on any atom is -0.356 e. The molecule has 1 saturated heterocycles. The maximum Gasteiger partial charge on any atom is 0.229 e. The van der Waals surface area contributed by atoms with Crippen LogP contribution in [-0.2, 0) is 4.79 Å². The third kappa shape index (κ3) is 3.81. The second-order valence-corrected chi connectivity index (χ2v) is 7.75. The van der Waals surface area contributed by atoms with Gasteiger partial charge in [-0.05, 0) is 18.9 Å². The summed E-state index contributed by atoms with van der Waals surface area (Å²) in [4.78, 5) is 28.0.